The van der Waals surface area contributed by atoms with Crippen LogP contribution in [0.25, 0.3) is 5.69 Å². The summed E-state index contributed by atoms with van der Waals surface area (Å²) >= 11 is 0. The maximum Gasteiger partial charge on any atom is 0.215 e. The second-order valence-electron chi connectivity index (χ2n) is 5.72. The lowest BCUT2D eigenvalue weighted by Crippen LogP contribution is -2.36. The Labute approximate surface area is 127 Å². The van der Waals surface area contributed by atoms with Gasteiger partial charge in [0.1, 0.15) is 0 Å². The lowest BCUT2D eigenvalue weighted by atomic mass is 10.0. The van der Waals surface area contributed by atoms with Crippen molar-refractivity contribution >= 4 is 0 Å². The fourth-order valence-corrected chi connectivity index (χ4v) is 2.77. The number of aryl methyl sites for hydroxylation is 2. The third kappa shape index (κ3) is 2.83. The number of pyridine rings is 1. The van der Waals surface area contributed by atoms with Crippen molar-refractivity contribution in [2.45, 2.75) is 47.5 Å². The SMILES string of the molecule is CCCc1cc[n+](-c2cc(C#N)cc(C)c2C)c(C)c1C. The van der Waals surface area contributed by atoms with Gasteiger partial charge in [0.05, 0.1) is 11.6 Å². The maximum absolute atomic E-state index is 9.20. The van der Waals surface area contributed by atoms with Gasteiger partial charge in [0, 0.05) is 30.2 Å². The second-order valence-corrected chi connectivity index (χ2v) is 5.72. The van der Waals surface area contributed by atoms with Crippen LogP contribution in [-0.4, -0.2) is 0 Å². The Morgan fingerprint density at radius 3 is 2.43 bits per heavy atom. The maximum atomic E-state index is 9.20. The molecule has 0 radical (unpaired) electrons. The van der Waals surface area contributed by atoms with Crippen molar-refractivity contribution in [3.05, 3.63) is 57.9 Å². The number of hydrogen-bond donors (Lipinski definition) is 0. The highest BCUT2D eigenvalue weighted by molar-refractivity contribution is 5.47. The van der Waals surface area contributed by atoms with E-state index < -0.39 is 0 Å². The zero-order chi connectivity index (χ0) is 15.6. The van der Waals surface area contributed by atoms with Gasteiger partial charge in [0.25, 0.3) is 0 Å². The van der Waals surface area contributed by atoms with Gasteiger partial charge >= 0.3 is 0 Å². The number of nitrogens with zero attached hydrogens (tertiary/aromatic N) is 2. The van der Waals surface area contributed by atoms with Crippen LogP contribution >= 0.6 is 0 Å². The average molecular weight is 279 g/mol. The van der Waals surface area contributed by atoms with Crippen LogP contribution < -0.4 is 4.57 Å². The Bertz CT molecular complexity index is 721. The lowest BCUT2D eigenvalue weighted by molar-refractivity contribution is -0.603. The average Bonchev–Trinajstić information content (AvgIpc) is 2.47. The number of aromatic nitrogens is 1. The smallest absolute Gasteiger partial charge is 0.192 e. The van der Waals surface area contributed by atoms with Gasteiger partial charge in [0.15, 0.2) is 11.9 Å². The Morgan fingerprint density at radius 2 is 1.81 bits per heavy atom. The number of benzene rings is 1. The molecule has 0 aliphatic heterocycles. The van der Waals surface area contributed by atoms with E-state index in [0.717, 1.165) is 29.7 Å². The topological polar surface area (TPSA) is 27.7 Å². The first-order valence-electron chi connectivity index (χ1n) is 7.52. The minimum absolute atomic E-state index is 0.718. The molecular formula is C19H23N2+. The molecule has 2 rings (SSSR count). The summed E-state index contributed by atoms with van der Waals surface area (Å²) in [6.45, 7) is 10.7. The van der Waals surface area contributed by atoms with Crippen LogP contribution in [0.5, 0.6) is 0 Å². The summed E-state index contributed by atoms with van der Waals surface area (Å²) in [5.74, 6) is 0. The molecule has 0 N–H and O–H groups in total. The van der Waals surface area contributed by atoms with E-state index in [1.165, 1.54) is 22.4 Å². The molecule has 0 fully saturated rings. The summed E-state index contributed by atoms with van der Waals surface area (Å²) in [5.41, 5.74) is 8.22. The van der Waals surface area contributed by atoms with E-state index in [2.05, 4.69) is 57.5 Å². The molecule has 0 aliphatic rings. The largest absolute Gasteiger partial charge is 0.215 e. The van der Waals surface area contributed by atoms with Crippen LogP contribution in [0.2, 0.25) is 0 Å². The zero-order valence-corrected chi connectivity index (χ0v) is 13.6. The summed E-state index contributed by atoms with van der Waals surface area (Å²) < 4.78 is 2.21. The van der Waals surface area contributed by atoms with E-state index in [0.29, 0.717) is 0 Å². The van der Waals surface area contributed by atoms with E-state index in [1.54, 1.807) is 0 Å². The first-order chi connectivity index (χ1) is 9.99. The van der Waals surface area contributed by atoms with Crippen molar-refractivity contribution in [2.75, 3.05) is 0 Å². The van der Waals surface area contributed by atoms with Crippen LogP contribution in [0, 0.1) is 39.0 Å². The van der Waals surface area contributed by atoms with E-state index in [4.69, 9.17) is 0 Å². The summed E-state index contributed by atoms with van der Waals surface area (Å²) in [6, 6.07) is 8.40. The first-order valence-corrected chi connectivity index (χ1v) is 7.52. The van der Waals surface area contributed by atoms with Crippen LogP contribution in [0.3, 0.4) is 0 Å². The normalized spacial score (nSPS) is 10.5. The van der Waals surface area contributed by atoms with Gasteiger partial charge in [-0.25, -0.2) is 0 Å². The molecule has 0 bridgehead atoms. The zero-order valence-electron chi connectivity index (χ0n) is 13.6. The van der Waals surface area contributed by atoms with E-state index in [1.807, 2.05) is 12.1 Å². The summed E-state index contributed by atoms with van der Waals surface area (Å²) in [5, 5.41) is 9.20. The summed E-state index contributed by atoms with van der Waals surface area (Å²) in [4.78, 5) is 0. The van der Waals surface area contributed by atoms with Crippen molar-refractivity contribution < 1.29 is 4.57 Å². The third-order valence-electron chi connectivity index (χ3n) is 4.36. The molecule has 0 aliphatic carbocycles. The van der Waals surface area contributed by atoms with Gasteiger partial charge in [-0.2, -0.15) is 9.83 Å². The fraction of sp³-hybridized carbons (Fsp3) is 0.368. The summed E-state index contributed by atoms with van der Waals surface area (Å²) in [6.07, 6.45) is 4.41. The molecule has 2 nitrogen and oxygen atoms in total. The molecule has 21 heavy (non-hydrogen) atoms. The van der Waals surface area contributed by atoms with Gasteiger partial charge in [-0.1, -0.05) is 13.3 Å². The molecule has 1 aromatic heterocycles. The van der Waals surface area contributed by atoms with Crippen LogP contribution in [0.15, 0.2) is 24.4 Å². The first kappa shape index (κ1) is 15.3. The standard InChI is InChI=1S/C19H23N2/c1-6-7-18-8-9-21(16(5)15(18)4)19-11-17(12-20)10-13(2)14(19)3/h8-11H,6-7H2,1-5H3/q+1. The quantitative estimate of drug-likeness (QED) is 0.780. The van der Waals surface area contributed by atoms with Crippen LogP contribution in [-0.2, 0) is 6.42 Å². The van der Waals surface area contributed by atoms with Crippen molar-refractivity contribution in [1.29, 1.82) is 5.26 Å². The summed E-state index contributed by atoms with van der Waals surface area (Å²) in [7, 11) is 0. The highest BCUT2D eigenvalue weighted by Gasteiger charge is 2.19. The number of hydrogen-bond acceptors (Lipinski definition) is 1. The van der Waals surface area contributed by atoms with Crippen molar-refractivity contribution in [3.8, 4) is 11.8 Å². The molecule has 1 heterocycles. The highest BCUT2D eigenvalue weighted by Crippen LogP contribution is 2.19. The van der Waals surface area contributed by atoms with Crippen LogP contribution in [0.4, 0.5) is 0 Å². The van der Waals surface area contributed by atoms with Gasteiger partial charge in [-0.3, -0.25) is 0 Å². The molecule has 0 saturated carbocycles. The monoisotopic (exact) mass is 279 g/mol. The number of rotatable bonds is 3. The Morgan fingerprint density at radius 1 is 1.10 bits per heavy atom. The molecule has 0 amide bonds. The van der Waals surface area contributed by atoms with Gasteiger partial charge in [0.2, 0.25) is 5.69 Å². The van der Waals surface area contributed by atoms with Gasteiger partial charge < -0.3 is 0 Å². The van der Waals surface area contributed by atoms with Crippen molar-refractivity contribution in [1.82, 2.24) is 0 Å². The van der Waals surface area contributed by atoms with E-state index >= 15 is 0 Å². The lowest BCUT2D eigenvalue weighted by Gasteiger charge is -2.10. The second kappa shape index (κ2) is 6.10. The minimum Gasteiger partial charge on any atom is -0.192 e. The number of nitriles is 1. The molecule has 0 atom stereocenters. The van der Waals surface area contributed by atoms with Gasteiger partial charge in [-0.05, 0) is 44.4 Å². The van der Waals surface area contributed by atoms with Gasteiger partial charge in [-0.15, -0.1) is 0 Å². The van der Waals surface area contributed by atoms with E-state index in [9.17, 15) is 5.26 Å². The fourth-order valence-electron chi connectivity index (χ4n) is 2.77. The molecule has 2 aromatic rings. The predicted octanol–water partition coefficient (Wildman–Crippen LogP) is 4.02. The molecule has 0 unspecified atom stereocenters. The molecule has 2 heteroatoms. The molecule has 1 aromatic carbocycles. The predicted molar refractivity (Wildman–Crippen MR) is 85.6 cm³/mol. The van der Waals surface area contributed by atoms with Crippen molar-refractivity contribution in [2.24, 2.45) is 0 Å². The third-order valence-corrected chi connectivity index (χ3v) is 4.36. The van der Waals surface area contributed by atoms with Crippen molar-refractivity contribution in [3.63, 3.8) is 0 Å². The minimum atomic E-state index is 0.718. The Hall–Kier alpha value is -2.14. The molecule has 0 saturated heterocycles. The Balaban J connectivity index is 2.66. The van der Waals surface area contributed by atoms with Crippen LogP contribution in [0.1, 0.15) is 46.9 Å². The molecular weight excluding hydrogens is 256 g/mol. The molecule has 0 spiro atoms. The van der Waals surface area contributed by atoms with E-state index in [-0.39, 0.29) is 0 Å². The Kier molecular flexibility index (Phi) is 4.43. The molecule has 108 valence electrons. The highest BCUT2D eigenvalue weighted by atomic mass is 15.0.